The van der Waals surface area contributed by atoms with Crippen LogP contribution in [0.25, 0.3) is 0 Å². The van der Waals surface area contributed by atoms with Gasteiger partial charge in [-0.3, -0.25) is 19.6 Å². The average molecular weight is 346 g/mol. The van der Waals surface area contributed by atoms with Crippen LogP contribution in [0.1, 0.15) is 13.3 Å². The summed E-state index contributed by atoms with van der Waals surface area (Å²) in [6, 6.07) is 2.79. The predicted molar refractivity (Wildman–Crippen MR) is 88.7 cm³/mol. The van der Waals surface area contributed by atoms with E-state index in [9.17, 15) is 18.4 Å². The van der Waals surface area contributed by atoms with E-state index in [0.717, 1.165) is 17.0 Å². The monoisotopic (exact) mass is 346 g/mol. The van der Waals surface area contributed by atoms with Crippen molar-refractivity contribution in [2.45, 2.75) is 13.3 Å². The number of aliphatic imine (C=N–C) groups is 2. The molecular formula is C17H16F2N4O2. The fraction of sp³-hybridized carbons (Fsp3) is 0.294. The summed E-state index contributed by atoms with van der Waals surface area (Å²) in [6.45, 7) is 1.87. The van der Waals surface area contributed by atoms with Gasteiger partial charge in [0.15, 0.2) is 11.6 Å². The number of urea groups is 1. The summed E-state index contributed by atoms with van der Waals surface area (Å²) in [6.07, 6.45) is 2.09. The van der Waals surface area contributed by atoms with E-state index in [1.165, 1.54) is 25.1 Å². The van der Waals surface area contributed by atoms with E-state index in [0.29, 0.717) is 17.7 Å². The fourth-order valence-corrected chi connectivity index (χ4v) is 2.81. The van der Waals surface area contributed by atoms with E-state index < -0.39 is 29.5 Å². The molecule has 0 bridgehead atoms. The normalized spacial score (nSPS) is 22.1. The standard InChI is InChI=1S/C17H16F2N4O2/c1-4-9-8-20-15-13(16(24)23(3)17(25)22(15)2)14(9)21-10-5-6-11(18)12(19)7-10/h5-8,13H,4H2,1-3H3. The van der Waals surface area contributed by atoms with Gasteiger partial charge in [0.25, 0.3) is 0 Å². The third-order valence-electron chi connectivity index (χ3n) is 4.24. The van der Waals surface area contributed by atoms with Crippen molar-refractivity contribution in [3.05, 3.63) is 41.6 Å². The highest BCUT2D eigenvalue weighted by Gasteiger charge is 2.45. The van der Waals surface area contributed by atoms with Gasteiger partial charge in [-0.2, -0.15) is 0 Å². The zero-order chi connectivity index (χ0) is 18.3. The number of halogens is 2. The Hall–Kier alpha value is -2.90. The van der Waals surface area contributed by atoms with Crippen LogP contribution in [0.2, 0.25) is 0 Å². The van der Waals surface area contributed by atoms with Gasteiger partial charge in [0.1, 0.15) is 11.8 Å². The van der Waals surface area contributed by atoms with Crippen molar-refractivity contribution >= 4 is 29.2 Å². The quantitative estimate of drug-likeness (QED) is 0.826. The lowest BCUT2D eigenvalue weighted by molar-refractivity contribution is -0.128. The Kier molecular flexibility index (Phi) is 4.20. The Balaban J connectivity index is 2.13. The molecule has 0 aromatic heterocycles. The van der Waals surface area contributed by atoms with E-state index in [2.05, 4.69) is 9.98 Å². The third kappa shape index (κ3) is 2.73. The molecule has 1 aromatic rings. The van der Waals surface area contributed by atoms with Crippen molar-refractivity contribution in [3.63, 3.8) is 0 Å². The number of carbonyl (C=O) groups excluding carboxylic acids is 2. The minimum absolute atomic E-state index is 0.185. The highest BCUT2D eigenvalue weighted by Crippen LogP contribution is 2.29. The maximum Gasteiger partial charge on any atom is 0.331 e. The van der Waals surface area contributed by atoms with Gasteiger partial charge in [-0.25, -0.2) is 18.6 Å². The molecule has 3 amide bonds. The lowest BCUT2D eigenvalue weighted by atomic mass is 9.89. The SMILES string of the molecule is CCC1=CN=C2C(C(=O)N(C)C(=O)N2C)C1=Nc1ccc(F)c(F)c1. The molecule has 25 heavy (non-hydrogen) atoms. The van der Waals surface area contributed by atoms with Crippen LogP contribution >= 0.6 is 0 Å². The molecule has 2 aliphatic heterocycles. The summed E-state index contributed by atoms with van der Waals surface area (Å²) in [5.74, 6) is -3.04. The zero-order valence-electron chi connectivity index (χ0n) is 14.0. The number of carbonyl (C=O) groups is 2. The average Bonchev–Trinajstić information content (AvgIpc) is 2.60. The summed E-state index contributed by atoms with van der Waals surface area (Å²) >= 11 is 0. The molecule has 3 rings (SSSR count). The smallest absolute Gasteiger partial charge is 0.284 e. The lowest BCUT2D eigenvalue weighted by Gasteiger charge is -2.37. The second-order valence-electron chi connectivity index (χ2n) is 5.76. The molecule has 6 nitrogen and oxygen atoms in total. The molecule has 2 heterocycles. The van der Waals surface area contributed by atoms with E-state index >= 15 is 0 Å². The maximum absolute atomic E-state index is 13.5. The molecule has 1 saturated heterocycles. The number of hydrogen-bond acceptors (Lipinski definition) is 4. The van der Waals surface area contributed by atoms with Gasteiger partial charge < -0.3 is 0 Å². The van der Waals surface area contributed by atoms with Crippen LogP contribution < -0.4 is 0 Å². The van der Waals surface area contributed by atoms with Gasteiger partial charge in [-0.15, -0.1) is 0 Å². The largest absolute Gasteiger partial charge is 0.331 e. The first-order valence-corrected chi connectivity index (χ1v) is 7.71. The summed E-state index contributed by atoms with van der Waals surface area (Å²) in [4.78, 5) is 35.6. The summed E-state index contributed by atoms with van der Waals surface area (Å²) < 4.78 is 26.6. The number of amidine groups is 1. The first-order chi connectivity index (χ1) is 11.8. The topological polar surface area (TPSA) is 65.3 Å². The molecule has 0 aliphatic carbocycles. The van der Waals surface area contributed by atoms with Crippen molar-refractivity contribution in [1.82, 2.24) is 9.80 Å². The minimum Gasteiger partial charge on any atom is -0.284 e. The molecule has 0 N–H and O–H groups in total. The number of fused-ring (bicyclic) bond motifs is 1. The number of hydrogen-bond donors (Lipinski definition) is 0. The van der Waals surface area contributed by atoms with Crippen LogP contribution in [0.4, 0.5) is 19.3 Å². The highest BCUT2D eigenvalue weighted by atomic mass is 19.2. The molecule has 0 radical (unpaired) electrons. The van der Waals surface area contributed by atoms with Crippen LogP contribution in [0.15, 0.2) is 40.0 Å². The number of rotatable bonds is 2. The second kappa shape index (κ2) is 6.19. The van der Waals surface area contributed by atoms with Crippen LogP contribution in [-0.2, 0) is 4.79 Å². The number of amides is 3. The van der Waals surface area contributed by atoms with Gasteiger partial charge in [0.2, 0.25) is 5.91 Å². The Bertz CT molecular complexity index is 860. The van der Waals surface area contributed by atoms with Crippen molar-refractivity contribution in [2.24, 2.45) is 15.9 Å². The van der Waals surface area contributed by atoms with Crippen molar-refractivity contribution in [2.75, 3.05) is 14.1 Å². The fourth-order valence-electron chi connectivity index (χ4n) is 2.81. The van der Waals surface area contributed by atoms with Crippen LogP contribution in [0.5, 0.6) is 0 Å². The number of allylic oxidation sites excluding steroid dienone is 1. The van der Waals surface area contributed by atoms with E-state index in [1.54, 1.807) is 6.20 Å². The second-order valence-corrected chi connectivity index (χ2v) is 5.76. The predicted octanol–water partition coefficient (Wildman–Crippen LogP) is 2.88. The molecule has 130 valence electrons. The van der Waals surface area contributed by atoms with Crippen molar-refractivity contribution in [3.8, 4) is 0 Å². The first kappa shape index (κ1) is 16.9. The van der Waals surface area contributed by atoms with Gasteiger partial charge in [-0.05, 0) is 24.1 Å². The molecule has 1 aromatic carbocycles. The molecule has 1 atom stereocenters. The summed E-state index contributed by atoms with van der Waals surface area (Å²) in [5.41, 5.74) is 1.27. The summed E-state index contributed by atoms with van der Waals surface area (Å²) in [7, 11) is 2.91. The molecular weight excluding hydrogens is 330 g/mol. The molecule has 0 saturated carbocycles. The van der Waals surface area contributed by atoms with Crippen molar-refractivity contribution < 1.29 is 18.4 Å². The lowest BCUT2D eigenvalue weighted by Crippen LogP contribution is -2.59. The van der Waals surface area contributed by atoms with Crippen LogP contribution in [0.3, 0.4) is 0 Å². The minimum atomic E-state index is -1.02. The Labute approximate surface area is 143 Å². The Morgan fingerprint density at radius 3 is 2.52 bits per heavy atom. The van der Waals surface area contributed by atoms with E-state index in [-0.39, 0.29) is 11.5 Å². The third-order valence-corrected chi connectivity index (χ3v) is 4.24. The zero-order valence-corrected chi connectivity index (χ0v) is 14.0. The molecule has 8 heteroatoms. The van der Waals surface area contributed by atoms with Gasteiger partial charge in [0.05, 0.1) is 11.4 Å². The Morgan fingerprint density at radius 1 is 1.16 bits per heavy atom. The summed E-state index contributed by atoms with van der Waals surface area (Å²) in [5, 5.41) is 0. The van der Waals surface area contributed by atoms with Gasteiger partial charge in [-0.1, -0.05) is 6.92 Å². The molecule has 1 unspecified atom stereocenters. The maximum atomic E-state index is 13.5. The molecule has 0 spiro atoms. The van der Waals surface area contributed by atoms with Crippen LogP contribution in [-0.4, -0.2) is 47.4 Å². The highest BCUT2D eigenvalue weighted by molar-refractivity contribution is 6.33. The number of benzene rings is 1. The molecule has 2 aliphatic rings. The van der Waals surface area contributed by atoms with Crippen molar-refractivity contribution in [1.29, 1.82) is 0 Å². The number of imide groups is 1. The van der Waals surface area contributed by atoms with Crippen LogP contribution in [0, 0.1) is 17.6 Å². The van der Waals surface area contributed by atoms with E-state index in [4.69, 9.17) is 0 Å². The van der Waals surface area contributed by atoms with Gasteiger partial charge in [0, 0.05) is 26.4 Å². The van der Waals surface area contributed by atoms with E-state index in [1.807, 2.05) is 6.92 Å². The first-order valence-electron chi connectivity index (χ1n) is 7.71. The Morgan fingerprint density at radius 2 is 1.88 bits per heavy atom. The molecule has 1 fully saturated rings. The number of nitrogens with zero attached hydrogens (tertiary/aromatic N) is 4. The van der Waals surface area contributed by atoms with Gasteiger partial charge >= 0.3 is 6.03 Å².